The lowest BCUT2D eigenvalue weighted by atomic mass is 10.1. The Labute approximate surface area is 86.5 Å². The van der Waals surface area contributed by atoms with Crippen molar-refractivity contribution in [3.63, 3.8) is 0 Å². The number of esters is 2. The predicted molar refractivity (Wildman–Crippen MR) is 54.9 cm³/mol. The van der Waals surface area contributed by atoms with E-state index in [-0.39, 0.29) is 0 Å². The molecule has 0 saturated carbocycles. The summed E-state index contributed by atoms with van der Waals surface area (Å²) in [6.07, 6.45) is 1.71. The van der Waals surface area contributed by atoms with E-state index < -0.39 is 11.9 Å². The molecule has 1 aromatic rings. The normalized spacial score (nSPS) is 13.3. The van der Waals surface area contributed by atoms with Crippen molar-refractivity contribution in [1.82, 2.24) is 0 Å². The Bertz CT molecular complexity index is 451. The first-order chi connectivity index (χ1) is 7.22. The van der Waals surface area contributed by atoms with E-state index in [0.29, 0.717) is 17.7 Å². The Morgan fingerprint density at radius 2 is 2.00 bits per heavy atom. The molecule has 4 heteroatoms. The van der Waals surface area contributed by atoms with Crippen molar-refractivity contribution < 1.29 is 14.3 Å². The molecule has 1 aromatic carbocycles. The van der Waals surface area contributed by atoms with E-state index >= 15 is 0 Å². The van der Waals surface area contributed by atoms with Gasteiger partial charge in [-0.2, -0.15) is 0 Å². The Kier molecular flexibility index (Phi) is 2.25. The largest absolute Gasteiger partial charge is 0.386 e. The summed E-state index contributed by atoms with van der Waals surface area (Å²) in [6.45, 7) is 4.17. The van der Waals surface area contributed by atoms with Crippen LogP contribution in [0.25, 0.3) is 0 Å². The van der Waals surface area contributed by atoms with Gasteiger partial charge in [0.15, 0.2) is 0 Å². The monoisotopic (exact) mass is 203 g/mol. The fourth-order valence-corrected chi connectivity index (χ4v) is 1.39. The molecular weight excluding hydrogens is 194 g/mol. The van der Waals surface area contributed by atoms with Crippen LogP contribution in [0.1, 0.15) is 20.7 Å². The number of hydrogen-bond acceptors (Lipinski definition) is 4. The Balaban J connectivity index is 2.34. The Hall–Kier alpha value is -2.10. The van der Waals surface area contributed by atoms with Gasteiger partial charge >= 0.3 is 11.9 Å². The summed E-state index contributed by atoms with van der Waals surface area (Å²) < 4.78 is 4.47. The van der Waals surface area contributed by atoms with E-state index in [1.807, 2.05) is 0 Å². The summed E-state index contributed by atoms with van der Waals surface area (Å²) in [5.41, 5.74) is 1.40. The van der Waals surface area contributed by atoms with Gasteiger partial charge in [0.25, 0.3) is 0 Å². The molecule has 0 fully saturated rings. The number of benzene rings is 1. The van der Waals surface area contributed by atoms with E-state index in [1.54, 1.807) is 24.3 Å². The number of carbonyl (C=O) groups is 2. The first-order valence-electron chi connectivity index (χ1n) is 4.47. The number of anilines is 1. The minimum absolute atomic E-state index is 0.314. The number of nitrogens with one attached hydrogen (secondary N) is 1. The van der Waals surface area contributed by atoms with Gasteiger partial charge in [-0.3, -0.25) is 0 Å². The molecule has 2 rings (SSSR count). The first-order valence-corrected chi connectivity index (χ1v) is 4.47. The van der Waals surface area contributed by atoms with Crippen LogP contribution in [0.15, 0.2) is 30.9 Å². The zero-order valence-corrected chi connectivity index (χ0v) is 7.95. The van der Waals surface area contributed by atoms with Crippen molar-refractivity contribution >= 4 is 17.6 Å². The van der Waals surface area contributed by atoms with Crippen LogP contribution in [0, 0.1) is 0 Å². The first kappa shape index (κ1) is 9.45. The average molecular weight is 203 g/mol. The van der Waals surface area contributed by atoms with Crippen LogP contribution in [0.3, 0.4) is 0 Å². The third-order valence-corrected chi connectivity index (χ3v) is 2.10. The second-order valence-corrected chi connectivity index (χ2v) is 3.11. The van der Waals surface area contributed by atoms with Crippen molar-refractivity contribution in [3.05, 3.63) is 42.0 Å². The number of fused-ring (bicyclic) bond motifs is 1. The summed E-state index contributed by atoms with van der Waals surface area (Å²) in [7, 11) is 0. The predicted octanol–water partition coefficient (Wildman–Crippen LogP) is 1.60. The fraction of sp³-hybridized carbons (Fsp3) is 0.0909. The number of hydrogen-bond donors (Lipinski definition) is 1. The highest BCUT2D eigenvalue weighted by Gasteiger charge is 2.29. The average Bonchev–Trinajstić information content (AvgIpc) is 2.52. The summed E-state index contributed by atoms with van der Waals surface area (Å²) >= 11 is 0. The zero-order chi connectivity index (χ0) is 10.8. The van der Waals surface area contributed by atoms with Gasteiger partial charge < -0.3 is 10.1 Å². The van der Waals surface area contributed by atoms with E-state index in [4.69, 9.17) is 0 Å². The van der Waals surface area contributed by atoms with Crippen LogP contribution in [0.5, 0.6) is 0 Å². The molecule has 0 unspecified atom stereocenters. The quantitative estimate of drug-likeness (QED) is 0.460. The third kappa shape index (κ3) is 1.61. The topological polar surface area (TPSA) is 55.4 Å². The molecule has 0 amide bonds. The molecule has 1 aliphatic rings. The maximum absolute atomic E-state index is 11.2. The summed E-state index contributed by atoms with van der Waals surface area (Å²) in [4.78, 5) is 22.3. The molecular formula is C11H9NO3. The fourth-order valence-electron chi connectivity index (χ4n) is 1.39. The van der Waals surface area contributed by atoms with Gasteiger partial charge in [-0.1, -0.05) is 6.08 Å². The molecule has 0 aromatic heterocycles. The van der Waals surface area contributed by atoms with Gasteiger partial charge in [0, 0.05) is 12.2 Å². The summed E-state index contributed by atoms with van der Waals surface area (Å²) in [5.74, 6) is -1.16. The maximum Gasteiger partial charge on any atom is 0.346 e. The van der Waals surface area contributed by atoms with Crippen molar-refractivity contribution in [2.75, 3.05) is 11.9 Å². The Morgan fingerprint density at radius 3 is 2.73 bits per heavy atom. The molecule has 0 radical (unpaired) electrons. The van der Waals surface area contributed by atoms with Gasteiger partial charge in [-0.05, 0) is 18.2 Å². The van der Waals surface area contributed by atoms with Crippen molar-refractivity contribution in [2.45, 2.75) is 0 Å². The highest BCUT2D eigenvalue weighted by molar-refractivity contribution is 6.15. The van der Waals surface area contributed by atoms with Crippen LogP contribution < -0.4 is 5.32 Å². The summed E-state index contributed by atoms with van der Waals surface area (Å²) in [5, 5.41) is 3.02. The minimum Gasteiger partial charge on any atom is -0.386 e. The lowest BCUT2D eigenvalue weighted by molar-refractivity contribution is 0.0444. The lowest BCUT2D eigenvalue weighted by Crippen LogP contribution is -2.00. The second-order valence-electron chi connectivity index (χ2n) is 3.11. The molecule has 0 aliphatic carbocycles. The van der Waals surface area contributed by atoms with E-state index in [9.17, 15) is 9.59 Å². The SMILES string of the molecule is C=CCNc1ccc2c(c1)C(=O)OC2=O. The van der Waals surface area contributed by atoms with Crippen LogP contribution in [0.2, 0.25) is 0 Å². The molecule has 1 heterocycles. The molecule has 15 heavy (non-hydrogen) atoms. The van der Waals surface area contributed by atoms with E-state index in [2.05, 4.69) is 16.6 Å². The van der Waals surface area contributed by atoms with Crippen LogP contribution in [-0.4, -0.2) is 18.5 Å². The number of carbonyl (C=O) groups excluding carboxylic acids is 2. The highest BCUT2D eigenvalue weighted by Crippen LogP contribution is 2.23. The smallest absolute Gasteiger partial charge is 0.346 e. The van der Waals surface area contributed by atoms with Crippen molar-refractivity contribution in [3.8, 4) is 0 Å². The van der Waals surface area contributed by atoms with Crippen molar-refractivity contribution in [1.29, 1.82) is 0 Å². The van der Waals surface area contributed by atoms with E-state index in [0.717, 1.165) is 5.69 Å². The van der Waals surface area contributed by atoms with Crippen LogP contribution in [0.4, 0.5) is 5.69 Å². The maximum atomic E-state index is 11.2. The number of cyclic esters (lactones) is 2. The molecule has 4 nitrogen and oxygen atoms in total. The lowest BCUT2D eigenvalue weighted by Gasteiger charge is -2.03. The molecule has 0 atom stereocenters. The third-order valence-electron chi connectivity index (χ3n) is 2.10. The van der Waals surface area contributed by atoms with Gasteiger partial charge in [0.05, 0.1) is 11.1 Å². The number of rotatable bonds is 3. The zero-order valence-electron chi connectivity index (χ0n) is 7.95. The van der Waals surface area contributed by atoms with Crippen LogP contribution in [-0.2, 0) is 4.74 Å². The molecule has 0 saturated heterocycles. The van der Waals surface area contributed by atoms with Gasteiger partial charge in [0.2, 0.25) is 0 Å². The molecule has 1 aliphatic heterocycles. The van der Waals surface area contributed by atoms with Crippen LogP contribution >= 0.6 is 0 Å². The molecule has 0 bridgehead atoms. The highest BCUT2D eigenvalue weighted by atomic mass is 16.6. The van der Waals surface area contributed by atoms with E-state index in [1.165, 1.54) is 0 Å². The van der Waals surface area contributed by atoms with Gasteiger partial charge in [0.1, 0.15) is 0 Å². The molecule has 1 N–H and O–H groups in total. The summed E-state index contributed by atoms with van der Waals surface area (Å²) in [6, 6.07) is 4.91. The standard InChI is InChI=1S/C11H9NO3/c1-2-5-12-7-3-4-8-9(6-7)11(14)15-10(8)13/h2-4,6,12H,1,5H2. The number of ether oxygens (including phenoxy) is 1. The van der Waals surface area contributed by atoms with Crippen molar-refractivity contribution in [2.24, 2.45) is 0 Å². The Morgan fingerprint density at radius 1 is 1.27 bits per heavy atom. The molecule has 0 spiro atoms. The molecule has 76 valence electrons. The minimum atomic E-state index is -0.586. The van der Waals surface area contributed by atoms with Gasteiger partial charge in [-0.25, -0.2) is 9.59 Å². The van der Waals surface area contributed by atoms with Gasteiger partial charge in [-0.15, -0.1) is 6.58 Å². The second kappa shape index (κ2) is 3.57.